The molecule has 0 saturated carbocycles. The summed E-state index contributed by atoms with van der Waals surface area (Å²) in [6.07, 6.45) is -3.11. The number of carbonyl (C=O) groups is 4. The first-order valence-electron chi connectivity index (χ1n) is 14.3. The van der Waals surface area contributed by atoms with E-state index < -0.39 is 59.6 Å². The van der Waals surface area contributed by atoms with E-state index in [-0.39, 0.29) is 35.3 Å². The monoisotopic (exact) mass is 609 g/mol. The number of ether oxygens (including phenoxy) is 4. The molecule has 0 fully saturated rings. The van der Waals surface area contributed by atoms with Gasteiger partial charge in [-0.3, -0.25) is 9.59 Å². The van der Waals surface area contributed by atoms with Crippen molar-refractivity contribution in [1.29, 1.82) is 0 Å². The number of esters is 3. The molecule has 1 aliphatic heterocycles. The summed E-state index contributed by atoms with van der Waals surface area (Å²) in [4.78, 5) is 51.9. The van der Waals surface area contributed by atoms with Crippen molar-refractivity contribution in [2.75, 3.05) is 13.6 Å². The fourth-order valence-electron chi connectivity index (χ4n) is 6.67. The van der Waals surface area contributed by atoms with Crippen LogP contribution in [0.4, 0.5) is 0 Å². The zero-order chi connectivity index (χ0) is 32.0. The largest absolute Gasteiger partial charge is 0.504 e. The van der Waals surface area contributed by atoms with Gasteiger partial charge in [0.1, 0.15) is 5.76 Å². The number of carbonyl (C=O) groups excluding carboxylic acids is 3. The Morgan fingerprint density at radius 3 is 2.45 bits per heavy atom. The van der Waals surface area contributed by atoms with Crippen LogP contribution in [0.25, 0.3) is 0 Å². The molecule has 0 radical (unpaired) electrons. The molecule has 12 heteroatoms. The maximum atomic E-state index is 13.2. The summed E-state index contributed by atoms with van der Waals surface area (Å²) in [5.41, 5.74) is -0.752. The van der Waals surface area contributed by atoms with Gasteiger partial charge >= 0.3 is 23.9 Å². The Kier molecular flexibility index (Phi) is 8.17. The summed E-state index contributed by atoms with van der Waals surface area (Å²) >= 11 is 0. The van der Waals surface area contributed by atoms with Crippen molar-refractivity contribution in [3.8, 4) is 11.5 Å². The van der Waals surface area contributed by atoms with Gasteiger partial charge in [0.2, 0.25) is 12.2 Å². The van der Waals surface area contributed by atoms with Crippen molar-refractivity contribution in [2.24, 2.45) is 0 Å². The molecular formula is C32H35NO11. The Morgan fingerprint density at radius 1 is 1.11 bits per heavy atom. The summed E-state index contributed by atoms with van der Waals surface area (Å²) < 4.78 is 22.1. The standard InChI is InChI=1S/C32H35NO11/c1-5-33(4)23-15-19-11-12-20(35)27-25(19)31(3)28(43-27)21(13-14-32(23,31)40)42-24(36)16-22(41-17(2)34)30(39)44-26(29(37)38)18-9-7-6-8-10-18/h6-13,22-23,26,28,35,40H,5,14-16H2,1-4H3,(H,37,38)/t22-,23+,26-,28-,31-,32+/m0/s1. The summed E-state index contributed by atoms with van der Waals surface area (Å²) in [6.45, 7) is 5.50. The minimum atomic E-state index is -1.79. The Hall–Kier alpha value is -4.42. The van der Waals surface area contributed by atoms with E-state index in [0.717, 1.165) is 12.5 Å². The van der Waals surface area contributed by atoms with Gasteiger partial charge in [-0.05, 0) is 44.6 Å². The summed E-state index contributed by atoms with van der Waals surface area (Å²) in [5, 5.41) is 32.6. The maximum absolute atomic E-state index is 13.2. The smallest absolute Gasteiger partial charge is 0.349 e. The minimum absolute atomic E-state index is 0.0613. The number of hydrogen-bond donors (Lipinski definition) is 3. The number of carboxylic acids is 1. The average molecular weight is 610 g/mol. The highest BCUT2D eigenvalue weighted by Gasteiger charge is 2.68. The van der Waals surface area contributed by atoms with Crippen LogP contribution in [0.5, 0.6) is 11.5 Å². The molecule has 0 unspecified atom stereocenters. The predicted octanol–water partition coefficient (Wildman–Crippen LogP) is 2.54. The number of carboxylic acid groups (broad SMARTS) is 1. The Balaban J connectivity index is 1.40. The third-order valence-electron chi connectivity index (χ3n) is 8.99. The van der Waals surface area contributed by atoms with Crippen LogP contribution in [0.2, 0.25) is 0 Å². The first-order chi connectivity index (χ1) is 20.8. The number of nitrogens with zero attached hydrogens (tertiary/aromatic N) is 1. The highest BCUT2D eigenvalue weighted by Crippen LogP contribution is 2.62. The number of phenolic OH excluding ortho intramolecular Hbond substituents is 1. The molecule has 0 spiro atoms. The number of phenols is 1. The lowest BCUT2D eigenvalue weighted by Gasteiger charge is -2.56. The predicted molar refractivity (Wildman–Crippen MR) is 152 cm³/mol. The van der Waals surface area contributed by atoms with Crippen LogP contribution < -0.4 is 4.74 Å². The molecule has 12 nitrogen and oxygen atoms in total. The Labute approximate surface area is 253 Å². The Bertz CT molecular complexity index is 1520. The lowest BCUT2D eigenvalue weighted by atomic mass is 9.54. The topological polar surface area (TPSA) is 169 Å². The zero-order valence-corrected chi connectivity index (χ0v) is 24.8. The molecule has 6 atom stereocenters. The molecule has 2 aromatic carbocycles. The maximum Gasteiger partial charge on any atom is 0.349 e. The molecule has 0 saturated heterocycles. The summed E-state index contributed by atoms with van der Waals surface area (Å²) in [6, 6.07) is 10.7. The number of benzene rings is 2. The van der Waals surface area contributed by atoms with Gasteiger partial charge in [0, 0.05) is 30.5 Å². The second-order valence-corrected chi connectivity index (χ2v) is 11.5. The van der Waals surface area contributed by atoms with E-state index in [1.807, 2.05) is 20.9 Å². The van der Waals surface area contributed by atoms with Gasteiger partial charge in [0.05, 0.1) is 17.4 Å². The molecular weight excluding hydrogens is 574 g/mol. The van der Waals surface area contributed by atoms with Crippen LogP contribution in [-0.4, -0.2) is 81.5 Å². The van der Waals surface area contributed by atoms with Crippen molar-refractivity contribution >= 4 is 23.9 Å². The van der Waals surface area contributed by atoms with Gasteiger partial charge in [-0.25, -0.2) is 9.59 Å². The third-order valence-corrected chi connectivity index (χ3v) is 8.99. The molecule has 2 aromatic rings. The molecule has 3 aliphatic rings. The van der Waals surface area contributed by atoms with E-state index in [2.05, 4.69) is 4.90 Å². The first-order valence-corrected chi connectivity index (χ1v) is 14.3. The molecule has 234 valence electrons. The molecule has 3 N–H and O–H groups in total. The second-order valence-electron chi connectivity index (χ2n) is 11.5. The number of hydrogen-bond acceptors (Lipinski definition) is 11. The average Bonchev–Trinajstić information content (AvgIpc) is 3.32. The lowest BCUT2D eigenvalue weighted by molar-refractivity contribution is -0.179. The zero-order valence-electron chi connectivity index (χ0n) is 24.8. The van der Waals surface area contributed by atoms with Crippen LogP contribution >= 0.6 is 0 Å². The fourth-order valence-corrected chi connectivity index (χ4v) is 6.67. The number of rotatable bonds is 10. The third kappa shape index (κ3) is 5.07. The van der Waals surface area contributed by atoms with Crippen molar-refractivity contribution < 1.29 is 53.4 Å². The number of aliphatic carboxylic acids is 1. The Morgan fingerprint density at radius 2 is 1.82 bits per heavy atom. The molecule has 0 bridgehead atoms. The number of likely N-dealkylation sites (N-methyl/N-ethyl adjacent to an activating group) is 1. The van der Waals surface area contributed by atoms with E-state index in [9.17, 15) is 34.5 Å². The highest BCUT2D eigenvalue weighted by atomic mass is 16.6. The molecule has 0 amide bonds. The van der Waals surface area contributed by atoms with Crippen LogP contribution in [0.3, 0.4) is 0 Å². The molecule has 5 rings (SSSR count). The van der Waals surface area contributed by atoms with Crippen molar-refractivity contribution in [3.05, 3.63) is 71.0 Å². The number of aliphatic hydroxyl groups is 1. The van der Waals surface area contributed by atoms with Crippen LogP contribution in [0.1, 0.15) is 56.4 Å². The van der Waals surface area contributed by atoms with Crippen molar-refractivity contribution in [2.45, 2.75) is 75.4 Å². The lowest BCUT2D eigenvalue weighted by Crippen LogP contribution is -2.69. The molecule has 44 heavy (non-hydrogen) atoms. The van der Waals surface area contributed by atoms with Crippen LogP contribution in [0, 0.1) is 0 Å². The summed E-state index contributed by atoms with van der Waals surface area (Å²) in [5.74, 6) is -4.43. The highest BCUT2D eigenvalue weighted by molar-refractivity contribution is 5.86. The first kappa shape index (κ1) is 31.0. The van der Waals surface area contributed by atoms with E-state index in [1.54, 1.807) is 30.3 Å². The van der Waals surface area contributed by atoms with Gasteiger partial charge in [-0.2, -0.15) is 0 Å². The van der Waals surface area contributed by atoms with Gasteiger partial charge in [-0.1, -0.05) is 43.3 Å². The van der Waals surface area contributed by atoms with Gasteiger partial charge in [0.25, 0.3) is 0 Å². The molecule has 0 aromatic heterocycles. The second kappa shape index (κ2) is 11.6. The van der Waals surface area contributed by atoms with Crippen molar-refractivity contribution in [3.63, 3.8) is 0 Å². The van der Waals surface area contributed by atoms with Gasteiger partial charge in [-0.15, -0.1) is 0 Å². The van der Waals surface area contributed by atoms with Crippen molar-refractivity contribution in [1.82, 2.24) is 4.90 Å². The molecule has 1 heterocycles. The molecule has 2 aliphatic carbocycles. The van der Waals surface area contributed by atoms with Crippen LogP contribution in [-0.2, 0) is 45.2 Å². The van der Waals surface area contributed by atoms with E-state index in [1.165, 1.54) is 18.2 Å². The SMILES string of the molecule is CCN(C)[C@@H]1Cc2ccc(O)c3c2[C@@]2(C)[C@@H](O3)C(OC(=O)C[C@H](OC(C)=O)C(=O)O[C@H](C(=O)O)c3ccccc3)=CC[C@@]12O. The minimum Gasteiger partial charge on any atom is -0.504 e. The van der Waals surface area contributed by atoms with Gasteiger partial charge < -0.3 is 39.2 Å². The quantitative estimate of drug-likeness (QED) is 0.266. The van der Waals surface area contributed by atoms with Crippen LogP contribution in [0.15, 0.2) is 54.3 Å². The normalized spacial score (nSPS) is 26.0. The number of aromatic hydroxyl groups is 1. The van der Waals surface area contributed by atoms with E-state index >= 15 is 0 Å². The van der Waals surface area contributed by atoms with E-state index in [4.69, 9.17) is 18.9 Å². The van der Waals surface area contributed by atoms with Gasteiger partial charge in [0.15, 0.2) is 17.6 Å². The fraction of sp³-hybridized carbons (Fsp3) is 0.438. The van der Waals surface area contributed by atoms with E-state index in [0.29, 0.717) is 18.5 Å². The summed E-state index contributed by atoms with van der Waals surface area (Å²) in [7, 11) is 1.92.